The summed E-state index contributed by atoms with van der Waals surface area (Å²) < 4.78 is 32.8. The lowest BCUT2D eigenvalue weighted by molar-refractivity contribution is -0.134. The van der Waals surface area contributed by atoms with E-state index in [2.05, 4.69) is 10.0 Å². The fourth-order valence-corrected chi connectivity index (χ4v) is 3.88. The van der Waals surface area contributed by atoms with Crippen molar-refractivity contribution in [2.24, 2.45) is 5.92 Å². The van der Waals surface area contributed by atoms with Crippen LogP contribution in [-0.2, 0) is 14.8 Å². The molecule has 134 valence electrons. The van der Waals surface area contributed by atoms with Crippen LogP contribution in [0.2, 0.25) is 0 Å². The number of methoxy groups -OCH3 is 1. The summed E-state index contributed by atoms with van der Waals surface area (Å²) in [5.41, 5.74) is 0. The predicted molar refractivity (Wildman–Crippen MR) is 91.4 cm³/mol. The fraction of sp³-hybridized carbons (Fsp3) is 0.562. The van der Waals surface area contributed by atoms with Crippen molar-refractivity contribution >= 4 is 15.9 Å². The van der Waals surface area contributed by atoms with Crippen molar-refractivity contribution in [2.75, 3.05) is 33.3 Å². The molecule has 7 nitrogen and oxygen atoms in total. The Hall–Kier alpha value is -1.64. The quantitative estimate of drug-likeness (QED) is 0.773. The summed E-state index contributed by atoms with van der Waals surface area (Å²) in [5, 5.41) is 3.18. The van der Waals surface area contributed by atoms with Gasteiger partial charge in [-0.15, -0.1) is 0 Å². The maximum Gasteiger partial charge on any atom is 0.241 e. The number of sulfonamides is 1. The maximum absolute atomic E-state index is 12.7. The lowest BCUT2D eigenvalue weighted by Crippen LogP contribution is -2.55. The number of rotatable bonds is 6. The summed E-state index contributed by atoms with van der Waals surface area (Å²) in [6.45, 7) is 6.30. The van der Waals surface area contributed by atoms with Crippen LogP contribution in [0, 0.1) is 5.92 Å². The molecule has 2 rings (SSSR count). The fourth-order valence-electron chi connectivity index (χ4n) is 2.54. The average Bonchev–Trinajstić information content (AvgIpc) is 2.59. The zero-order valence-electron chi connectivity index (χ0n) is 14.3. The molecule has 1 unspecified atom stereocenters. The summed E-state index contributed by atoms with van der Waals surface area (Å²) in [5.74, 6) is 0.246. The number of carbonyl (C=O) groups is 1. The van der Waals surface area contributed by atoms with Gasteiger partial charge in [0, 0.05) is 26.2 Å². The monoisotopic (exact) mass is 355 g/mol. The third-order valence-corrected chi connectivity index (χ3v) is 5.47. The van der Waals surface area contributed by atoms with Crippen LogP contribution in [0.5, 0.6) is 5.75 Å². The molecule has 1 aliphatic heterocycles. The minimum atomic E-state index is -3.78. The molecule has 1 aromatic rings. The molecule has 0 spiro atoms. The van der Waals surface area contributed by atoms with E-state index in [4.69, 9.17) is 4.74 Å². The molecule has 0 bridgehead atoms. The number of nitrogens with one attached hydrogen (secondary N) is 2. The van der Waals surface area contributed by atoms with Gasteiger partial charge in [0.15, 0.2) is 0 Å². The SMILES string of the molecule is COc1ccc(S(=O)(=O)NC(C(=O)N2CCNCC2)C(C)C)cc1. The van der Waals surface area contributed by atoms with Crippen LogP contribution in [0.25, 0.3) is 0 Å². The molecule has 1 atom stereocenters. The highest BCUT2D eigenvalue weighted by Gasteiger charge is 2.32. The molecule has 8 heteroatoms. The normalized spacial score (nSPS) is 16.9. The summed E-state index contributed by atoms with van der Waals surface area (Å²) in [6.07, 6.45) is 0. The number of hydrogen-bond donors (Lipinski definition) is 2. The van der Waals surface area contributed by atoms with Crippen molar-refractivity contribution < 1.29 is 17.9 Å². The Labute approximate surface area is 143 Å². The number of ether oxygens (including phenoxy) is 1. The van der Waals surface area contributed by atoms with Gasteiger partial charge in [-0.1, -0.05) is 13.8 Å². The molecule has 0 saturated carbocycles. The van der Waals surface area contributed by atoms with Gasteiger partial charge in [0.25, 0.3) is 0 Å². The van der Waals surface area contributed by atoms with Gasteiger partial charge < -0.3 is 15.0 Å². The minimum Gasteiger partial charge on any atom is -0.497 e. The highest BCUT2D eigenvalue weighted by Crippen LogP contribution is 2.17. The summed E-state index contributed by atoms with van der Waals surface area (Å²) in [4.78, 5) is 14.5. The summed E-state index contributed by atoms with van der Waals surface area (Å²) in [6, 6.07) is 5.31. The molecular weight excluding hydrogens is 330 g/mol. The lowest BCUT2D eigenvalue weighted by Gasteiger charge is -2.32. The molecule has 0 aliphatic carbocycles. The van der Waals surface area contributed by atoms with E-state index in [0.29, 0.717) is 18.8 Å². The Kier molecular flexibility index (Phi) is 6.20. The van der Waals surface area contributed by atoms with Gasteiger partial charge in [-0.3, -0.25) is 4.79 Å². The number of nitrogens with zero attached hydrogens (tertiary/aromatic N) is 1. The van der Waals surface area contributed by atoms with E-state index in [-0.39, 0.29) is 16.7 Å². The van der Waals surface area contributed by atoms with E-state index >= 15 is 0 Å². The molecule has 24 heavy (non-hydrogen) atoms. The van der Waals surface area contributed by atoms with E-state index in [9.17, 15) is 13.2 Å². The van der Waals surface area contributed by atoms with Gasteiger partial charge in [0.2, 0.25) is 15.9 Å². The average molecular weight is 355 g/mol. The second-order valence-electron chi connectivity index (χ2n) is 6.09. The van der Waals surface area contributed by atoms with Gasteiger partial charge in [0.1, 0.15) is 11.8 Å². The first-order chi connectivity index (χ1) is 11.3. The molecule has 0 radical (unpaired) electrons. The molecule has 1 saturated heterocycles. The highest BCUT2D eigenvalue weighted by molar-refractivity contribution is 7.89. The number of benzene rings is 1. The summed E-state index contributed by atoms with van der Waals surface area (Å²) in [7, 11) is -2.27. The zero-order chi connectivity index (χ0) is 17.7. The van der Waals surface area contributed by atoms with Gasteiger partial charge in [-0.25, -0.2) is 8.42 Å². The van der Waals surface area contributed by atoms with E-state index in [1.165, 1.54) is 19.2 Å². The van der Waals surface area contributed by atoms with Crippen molar-refractivity contribution in [1.29, 1.82) is 0 Å². The molecule has 1 fully saturated rings. The van der Waals surface area contributed by atoms with Crippen LogP contribution >= 0.6 is 0 Å². The Morgan fingerprint density at radius 3 is 2.29 bits per heavy atom. The summed E-state index contributed by atoms with van der Waals surface area (Å²) >= 11 is 0. The van der Waals surface area contributed by atoms with Crippen LogP contribution in [0.4, 0.5) is 0 Å². The smallest absolute Gasteiger partial charge is 0.241 e. The van der Waals surface area contributed by atoms with Crippen LogP contribution in [-0.4, -0.2) is 58.6 Å². The molecule has 1 heterocycles. The third-order valence-electron chi connectivity index (χ3n) is 4.01. The first-order valence-electron chi connectivity index (χ1n) is 8.01. The molecule has 1 amide bonds. The van der Waals surface area contributed by atoms with E-state index in [1.807, 2.05) is 13.8 Å². The van der Waals surface area contributed by atoms with Gasteiger partial charge in [0.05, 0.1) is 12.0 Å². The van der Waals surface area contributed by atoms with Crippen molar-refractivity contribution in [3.8, 4) is 5.75 Å². The number of hydrogen-bond acceptors (Lipinski definition) is 5. The predicted octanol–water partition coefficient (Wildman–Crippen LogP) is 0.430. The highest BCUT2D eigenvalue weighted by atomic mass is 32.2. The number of carbonyl (C=O) groups excluding carboxylic acids is 1. The van der Waals surface area contributed by atoms with Crippen LogP contribution in [0.1, 0.15) is 13.8 Å². The molecule has 2 N–H and O–H groups in total. The Morgan fingerprint density at radius 2 is 1.79 bits per heavy atom. The molecule has 1 aliphatic rings. The van der Waals surface area contributed by atoms with E-state index in [0.717, 1.165) is 13.1 Å². The standard InChI is InChI=1S/C16H25N3O4S/c1-12(2)15(16(20)19-10-8-17-9-11-19)18-24(21,22)14-6-4-13(23-3)5-7-14/h4-7,12,15,17-18H,8-11H2,1-3H3. The van der Waals surface area contributed by atoms with Gasteiger partial charge in [-0.2, -0.15) is 4.72 Å². The van der Waals surface area contributed by atoms with E-state index < -0.39 is 16.1 Å². The number of piperazine rings is 1. The van der Waals surface area contributed by atoms with Gasteiger partial charge >= 0.3 is 0 Å². The van der Waals surface area contributed by atoms with Crippen LogP contribution < -0.4 is 14.8 Å². The Balaban J connectivity index is 2.17. The Bertz CT molecular complexity index is 652. The number of amides is 1. The first kappa shape index (κ1) is 18.7. The second kappa shape index (κ2) is 7.96. The van der Waals surface area contributed by atoms with Crippen LogP contribution in [0.3, 0.4) is 0 Å². The topological polar surface area (TPSA) is 87.7 Å². The van der Waals surface area contributed by atoms with Crippen molar-refractivity contribution in [1.82, 2.24) is 14.9 Å². The Morgan fingerprint density at radius 1 is 1.21 bits per heavy atom. The maximum atomic E-state index is 12.7. The largest absolute Gasteiger partial charge is 0.497 e. The molecular formula is C16H25N3O4S. The van der Waals surface area contributed by atoms with Crippen molar-refractivity contribution in [3.05, 3.63) is 24.3 Å². The second-order valence-corrected chi connectivity index (χ2v) is 7.81. The lowest BCUT2D eigenvalue weighted by atomic mass is 10.0. The van der Waals surface area contributed by atoms with Crippen LogP contribution in [0.15, 0.2) is 29.2 Å². The molecule has 0 aromatic heterocycles. The van der Waals surface area contributed by atoms with Crippen molar-refractivity contribution in [3.63, 3.8) is 0 Å². The van der Waals surface area contributed by atoms with E-state index in [1.54, 1.807) is 17.0 Å². The zero-order valence-corrected chi connectivity index (χ0v) is 15.1. The van der Waals surface area contributed by atoms with Gasteiger partial charge in [-0.05, 0) is 30.2 Å². The first-order valence-corrected chi connectivity index (χ1v) is 9.49. The minimum absolute atomic E-state index is 0.113. The third kappa shape index (κ3) is 4.46. The molecule has 1 aromatic carbocycles. The van der Waals surface area contributed by atoms with Crippen molar-refractivity contribution in [2.45, 2.75) is 24.8 Å².